The summed E-state index contributed by atoms with van der Waals surface area (Å²) in [7, 11) is -1.71. The molecule has 1 saturated heterocycles. The van der Waals surface area contributed by atoms with Crippen LogP contribution in [0.25, 0.3) is 11.1 Å². The number of benzene rings is 2. The number of ketones is 1. The molecule has 0 saturated carbocycles. The number of carbonyl (C=O) groups excluding carboxylic acids is 1. The molecule has 0 unspecified atom stereocenters. The van der Waals surface area contributed by atoms with Crippen LogP contribution in [0.15, 0.2) is 54.7 Å². The molecule has 5 rings (SSSR count). The van der Waals surface area contributed by atoms with Crippen LogP contribution < -0.4 is 9.47 Å². The number of piperazine rings is 1. The fraction of sp³-hybridized carbons (Fsp3) is 0.286. The second kappa shape index (κ2) is 10.8. The van der Waals surface area contributed by atoms with Crippen molar-refractivity contribution in [1.82, 2.24) is 14.2 Å². The van der Waals surface area contributed by atoms with E-state index in [2.05, 4.69) is 9.88 Å². The van der Waals surface area contributed by atoms with Crippen molar-refractivity contribution in [2.45, 2.75) is 0 Å². The smallest absolute Gasteiger partial charge is 0.212 e. The maximum atomic E-state index is 15.0. The number of hydrogen-bond acceptors (Lipinski definition) is 7. The van der Waals surface area contributed by atoms with E-state index in [1.165, 1.54) is 29.9 Å². The number of pyridine rings is 1. The Kier molecular flexibility index (Phi) is 7.48. The van der Waals surface area contributed by atoms with Gasteiger partial charge in [-0.05, 0) is 42.0 Å². The van der Waals surface area contributed by atoms with Crippen LogP contribution in [0.2, 0.25) is 0 Å². The summed E-state index contributed by atoms with van der Waals surface area (Å²) in [6.45, 7) is 3.01. The molecule has 1 aromatic heterocycles. The molecule has 204 valence electrons. The average molecular weight is 556 g/mol. The summed E-state index contributed by atoms with van der Waals surface area (Å²) < 4.78 is 64.6. The number of nitrogens with zero attached hydrogens (tertiary/aromatic N) is 3. The third-order valence-electron chi connectivity index (χ3n) is 6.89. The topological polar surface area (TPSA) is 89.0 Å². The van der Waals surface area contributed by atoms with Crippen LogP contribution in [0.3, 0.4) is 0 Å². The Hall–Kier alpha value is -3.67. The van der Waals surface area contributed by atoms with Crippen molar-refractivity contribution in [3.8, 4) is 11.6 Å². The van der Waals surface area contributed by atoms with Gasteiger partial charge in [-0.2, -0.15) is 4.31 Å². The molecule has 1 aliphatic heterocycles. The van der Waals surface area contributed by atoms with Crippen LogP contribution in [0.4, 0.5) is 8.78 Å². The van der Waals surface area contributed by atoms with E-state index in [1.54, 1.807) is 30.3 Å². The second-order valence-electron chi connectivity index (χ2n) is 9.35. The Balaban J connectivity index is 1.38. The molecule has 3 aromatic rings. The molecule has 2 heterocycles. The number of Topliss-reactive ketones (excluding diaryl/α,β-unsaturated/α-hetero) is 1. The van der Waals surface area contributed by atoms with E-state index in [-0.39, 0.29) is 16.9 Å². The van der Waals surface area contributed by atoms with Crippen LogP contribution >= 0.6 is 0 Å². The Labute approximate surface area is 225 Å². The molecular weight excluding hydrogens is 528 g/mol. The number of halogens is 2. The lowest BCUT2D eigenvalue weighted by Gasteiger charge is -2.33. The van der Waals surface area contributed by atoms with Crippen molar-refractivity contribution in [3.05, 3.63) is 88.6 Å². The van der Waals surface area contributed by atoms with Gasteiger partial charge in [0.05, 0.1) is 13.4 Å². The second-order valence-corrected chi connectivity index (χ2v) is 11.3. The summed E-state index contributed by atoms with van der Waals surface area (Å²) in [4.78, 5) is 20.0. The third kappa shape index (κ3) is 5.56. The van der Waals surface area contributed by atoms with Gasteiger partial charge in [-0.3, -0.25) is 9.69 Å². The predicted molar refractivity (Wildman–Crippen MR) is 142 cm³/mol. The molecule has 0 bridgehead atoms. The Bertz CT molecular complexity index is 1550. The molecule has 11 heteroatoms. The molecule has 0 amide bonds. The highest BCUT2D eigenvalue weighted by atomic mass is 32.2. The van der Waals surface area contributed by atoms with E-state index in [9.17, 15) is 22.0 Å². The average Bonchev–Trinajstić information content (AvgIpc) is 3.20. The third-order valence-corrected chi connectivity index (χ3v) is 8.20. The van der Waals surface area contributed by atoms with Gasteiger partial charge < -0.3 is 9.47 Å². The number of carbonyl (C=O) groups is 1. The van der Waals surface area contributed by atoms with Crippen LogP contribution in [-0.4, -0.2) is 81.1 Å². The lowest BCUT2D eigenvalue weighted by Crippen LogP contribution is -2.49. The maximum Gasteiger partial charge on any atom is 0.212 e. The molecule has 8 nitrogen and oxygen atoms in total. The lowest BCUT2D eigenvalue weighted by atomic mass is 9.94. The van der Waals surface area contributed by atoms with Crippen LogP contribution in [0.5, 0.6) is 11.6 Å². The van der Waals surface area contributed by atoms with Gasteiger partial charge in [-0.1, -0.05) is 0 Å². The Morgan fingerprint density at radius 1 is 0.923 bits per heavy atom. The van der Waals surface area contributed by atoms with Crippen molar-refractivity contribution in [2.24, 2.45) is 0 Å². The molecule has 0 spiro atoms. The minimum Gasteiger partial charge on any atom is -0.492 e. The minimum absolute atomic E-state index is 0.108. The predicted octanol–water partition coefficient (Wildman–Crippen LogP) is 3.48. The van der Waals surface area contributed by atoms with Gasteiger partial charge in [0.25, 0.3) is 0 Å². The van der Waals surface area contributed by atoms with Crippen LogP contribution in [0.1, 0.15) is 27.0 Å². The maximum absolute atomic E-state index is 15.0. The summed E-state index contributed by atoms with van der Waals surface area (Å²) in [6, 6.07) is 11.6. The number of fused-ring (bicyclic) bond motifs is 1. The van der Waals surface area contributed by atoms with Gasteiger partial charge in [0, 0.05) is 78.9 Å². The number of sulfonamides is 1. The lowest BCUT2D eigenvalue weighted by molar-refractivity contribution is 0.105. The highest BCUT2D eigenvalue weighted by Crippen LogP contribution is 2.44. The molecule has 1 fully saturated rings. The van der Waals surface area contributed by atoms with E-state index in [4.69, 9.17) is 9.47 Å². The van der Waals surface area contributed by atoms with E-state index in [0.717, 1.165) is 12.1 Å². The summed E-state index contributed by atoms with van der Waals surface area (Å²) >= 11 is 0. The number of rotatable bonds is 8. The van der Waals surface area contributed by atoms with Crippen molar-refractivity contribution < 1.29 is 31.5 Å². The molecular formula is C28H27F2N3O5S. The van der Waals surface area contributed by atoms with Gasteiger partial charge >= 0.3 is 0 Å². The van der Waals surface area contributed by atoms with Gasteiger partial charge in [0.1, 0.15) is 24.0 Å². The monoisotopic (exact) mass is 555 g/mol. The van der Waals surface area contributed by atoms with Crippen LogP contribution in [0, 0.1) is 11.6 Å². The van der Waals surface area contributed by atoms with Crippen molar-refractivity contribution in [1.29, 1.82) is 0 Å². The summed E-state index contributed by atoms with van der Waals surface area (Å²) in [6.07, 6.45) is 2.70. The largest absolute Gasteiger partial charge is 0.492 e. The molecule has 1 aliphatic carbocycles. The van der Waals surface area contributed by atoms with Crippen molar-refractivity contribution >= 4 is 27.0 Å². The van der Waals surface area contributed by atoms with Gasteiger partial charge in [0.15, 0.2) is 5.78 Å². The molecule has 2 aliphatic rings. The highest BCUT2D eigenvalue weighted by molar-refractivity contribution is 7.88. The van der Waals surface area contributed by atoms with Gasteiger partial charge in [0.2, 0.25) is 15.9 Å². The van der Waals surface area contributed by atoms with E-state index >= 15 is 0 Å². The molecule has 0 N–H and O–H groups in total. The number of methoxy groups -OCH3 is 1. The number of aromatic nitrogens is 1. The number of hydrogen-bond donors (Lipinski definition) is 0. The zero-order valence-electron chi connectivity index (χ0n) is 21.5. The van der Waals surface area contributed by atoms with Gasteiger partial charge in [-0.15, -0.1) is 0 Å². The first-order valence-electron chi connectivity index (χ1n) is 12.3. The van der Waals surface area contributed by atoms with E-state index in [0.29, 0.717) is 73.2 Å². The van der Waals surface area contributed by atoms with Crippen molar-refractivity contribution in [2.75, 3.05) is 52.7 Å². The first kappa shape index (κ1) is 26.9. The Morgan fingerprint density at radius 3 is 2.31 bits per heavy atom. The van der Waals surface area contributed by atoms with Crippen LogP contribution in [-0.2, 0) is 10.0 Å². The normalized spacial score (nSPS) is 16.5. The quantitative estimate of drug-likeness (QED) is 0.421. The van der Waals surface area contributed by atoms with E-state index < -0.39 is 21.7 Å². The molecule has 0 atom stereocenters. The number of allylic oxidation sites excluding steroid dienone is 1. The fourth-order valence-corrected chi connectivity index (χ4v) is 5.70. The molecule has 39 heavy (non-hydrogen) atoms. The summed E-state index contributed by atoms with van der Waals surface area (Å²) in [5, 5.41) is 0. The van der Waals surface area contributed by atoms with Crippen molar-refractivity contribution in [3.63, 3.8) is 0 Å². The zero-order valence-corrected chi connectivity index (χ0v) is 22.3. The first-order valence-corrected chi connectivity index (χ1v) is 14.2. The number of ether oxygens (including phenoxy) is 2. The summed E-state index contributed by atoms with van der Waals surface area (Å²) in [5.41, 5.74) is 2.06. The minimum atomic E-state index is -3.19. The molecule has 2 aromatic carbocycles. The fourth-order valence-electron chi connectivity index (χ4n) is 4.88. The SMILES string of the molecule is COc1ccc(C2=C(c3ccc(F)cc3F)c3ccc(OCCN4CCN(S(C)(=O)=O)CC4)cc3C2=O)cn1. The zero-order chi connectivity index (χ0) is 27.7. The first-order chi connectivity index (χ1) is 18.7. The highest BCUT2D eigenvalue weighted by Gasteiger charge is 2.33. The van der Waals surface area contributed by atoms with E-state index in [1.807, 2.05) is 0 Å². The summed E-state index contributed by atoms with van der Waals surface area (Å²) in [5.74, 6) is -0.968. The standard InChI is InChI=1S/C28H27F2N3O5S/c1-37-25-8-3-18(17-31-25)26-27(22-6-4-19(29)15-24(22)30)21-7-5-20(16-23(21)28(26)34)38-14-13-32-9-11-33(12-10-32)39(2,35)36/h3-8,15-17H,9-14H2,1-2H3. The molecule has 0 radical (unpaired) electrons. The Morgan fingerprint density at radius 2 is 1.67 bits per heavy atom. The van der Waals surface area contributed by atoms with Gasteiger partial charge in [-0.25, -0.2) is 22.2 Å².